The van der Waals surface area contributed by atoms with Gasteiger partial charge in [-0.05, 0) is 46.7 Å². The summed E-state index contributed by atoms with van der Waals surface area (Å²) in [6, 6.07) is 10.4. The molecular weight excluding hydrogens is 310 g/mol. The largest absolute Gasteiger partial charge is 0.497 e. The summed E-state index contributed by atoms with van der Waals surface area (Å²) in [4.78, 5) is 3.67. The number of rotatable bonds is 5. The van der Waals surface area contributed by atoms with Gasteiger partial charge in [-0.3, -0.25) is 4.90 Å². The van der Waals surface area contributed by atoms with Gasteiger partial charge in [0.1, 0.15) is 5.75 Å². The normalized spacial score (nSPS) is 10.9. The minimum Gasteiger partial charge on any atom is -0.497 e. The van der Waals surface area contributed by atoms with Crippen LogP contribution >= 0.6 is 27.3 Å². The van der Waals surface area contributed by atoms with Crippen LogP contribution in [-0.4, -0.2) is 19.1 Å². The average molecular weight is 326 g/mol. The lowest BCUT2D eigenvalue weighted by atomic mass is 10.2. The average Bonchev–Trinajstić information content (AvgIpc) is 2.74. The molecule has 0 aliphatic rings. The van der Waals surface area contributed by atoms with E-state index in [4.69, 9.17) is 4.74 Å². The molecule has 1 aromatic heterocycles. The molecule has 96 valence electrons. The Morgan fingerprint density at radius 2 is 2.11 bits per heavy atom. The van der Waals surface area contributed by atoms with Gasteiger partial charge in [0.15, 0.2) is 0 Å². The van der Waals surface area contributed by atoms with Crippen LogP contribution in [0.4, 0.5) is 0 Å². The van der Waals surface area contributed by atoms with Crippen molar-refractivity contribution in [3.8, 4) is 5.75 Å². The number of halogens is 1. The number of nitrogens with zero attached hydrogens (tertiary/aromatic N) is 1. The molecule has 1 heterocycles. The maximum Gasteiger partial charge on any atom is 0.119 e. The fourth-order valence-electron chi connectivity index (χ4n) is 1.84. The lowest BCUT2D eigenvalue weighted by Gasteiger charge is -2.16. The molecule has 2 aromatic rings. The molecule has 0 aliphatic heterocycles. The van der Waals surface area contributed by atoms with E-state index in [0.29, 0.717) is 0 Å². The molecule has 4 heteroatoms. The van der Waals surface area contributed by atoms with Gasteiger partial charge in [-0.25, -0.2) is 0 Å². The second-order valence-corrected chi connectivity index (χ2v) is 6.17. The maximum absolute atomic E-state index is 5.24. The van der Waals surface area contributed by atoms with Gasteiger partial charge in [-0.2, -0.15) is 0 Å². The number of hydrogen-bond donors (Lipinski definition) is 0. The zero-order chi connectivity index (χ0) is 13.0. The quantitative estimate of drug-likeness (QED) is 0.818. The summed E-state index contributed by atoms with van der Waals surface area (Å²) in [6.45, 7) is 1.89. The Bertz CT molecular complexity index is 512. The summed E-state index contributed by atoms with van der Waals surface area (Å²) >= 11 is 5.27. The standard InChI is InChI=1S/C14H16BrNOS/c1-16(9-14-7-12(15)10-18-14)8-11-4-3-5-13(6-11)17-2/h3-7,10H,8-9H2,1-2H3. The number of thiophene rings is 1. The van der Waals surface area contributed by atoms with Gasteiger partial charge in [0.2, 0.25) is 0 Å². The van der Waals surface area contributed by atoms with Crippen LogP contribution in [0.1, 0.15) is 10.4 Å². The van der Waals surface area contributed by atoms with E-state index in [1.165, 1.54) is 10.4 Å². The highest BCUT2D eigenvalue weighted by Crippen LogP contribution is 2.21. The third-order valence-corrected chi connectivity index (χ3v) is 4.32. The molecule has 0 N–H and O–H groups in total. The van der Waals surface area contributed by atoms with Crippen molar-refractivity contribution < 1.29 is 4.74 Å². The van der Waals surface area contributed by atoms with E-state index in [0.717, 1.165) is 23.3 Å². The van der Waals surface area contributed by atoms with Crippen LogP contribution in [0.25, 0.3) is 0 Å². The van der Waals surface area contributed by atoms with Crippen LogP contribution in [0.3, 0.4) is 0 Å². The van der Waals surface area contributed by atoms with Crippen LogP contribution in [-0.2, 0) is 13.1 Å². The molecule has 0 fully saturated rings. The lowest BCUT2D eigenvalue weighted by molar-refractivity contribution is 0.321. The Hall–Kier alpha value is -0.840. The lowest BCUT2D eigenvalue weighted by Crippen LogP contribution is -2.16. The molecule has 0 aliphatic carbocycles. The predicted molar refractivity (Wildman–Crippen MR) is 80.2 cm³/mol. The van der Waals surface area contributed by atoms with Crippen LogP contribution < -0.4 is 4.74 Å². The van der Waals surface area contributed by atoms with Crippen molar-refractivity contribution in [3.63, 3.8) is 0 Å². The Morgan fingerprint density at radius 1 is 1.28 bits per heavy atom. The van der Waals surface area contributed by atoms with Crippen molar-refractivity contribution in [1.29, 1.82) is 0 Å². The van der Waals surface area contributed by atoms with Gasteiger partial charge >= 0.3 is 0 Å². The molecule has 0 saturated carbocycles. The minimum atomic E-state index is 0.916. The molecule has 2 rings (SSSR count). The molecule has 0 saturated heterocycles. The van der Waals surface area contributed by atoms with E-state index < -0.39 is 0 Å². The monoisotopic (exact) mass is 325 g/mol. The third kappa shape index (κ3) is 3.83. The third-order valence-electron chi connectivity index (χ3n) is 2.63. The van der Waals surface area contributed by atoms with Gasteiger partial charge in [-0.1, -0.05) is 12.1 Å². The fourth-order valence-corrected chi connectivity index (χ4v) is 3.37. The van der Waals surface area contributed by atoms with E-state index in [1.807, 2.05) is 12.1 Å². The molecule has 0 atom stereocenters. The molecular formula is C14H16BrNOS. The highest BCUT2D eigenvalue weighted by molar-refractivity contribution is 9.10. The van der Waals surface area contributed by atoms with Crippen molar-refractivity contribution in [2.45, 2.75) is 13.1 Å². The Labute approximate surface area is 120 Å². The fraction of sp³-hybridized carbons (Fsp3) is 0.286. The molecule has 0 amide bonds. The predicted octanol–water partition coefficient (Wildman–Crippen LogP) is 4.15. The summed E-state index contributed by atoms with van der Waals surface area (Å²) in [5.74, 6) is 0.916. The number of hydrogen-bond acceptors (Lipinski definition) is 3. The van der Waals surface area contributed by atoms with Crippen LogP contribution in [0.5, 0.6) is 5.75 Å². The minimum absolute atomic E-state index is 0.916. The number of ether oxygens (including phenoxy) is 1. The molecule has 0 bridgehead atoms. The van der Waals surface area contributed by atoms with Gasteiger partial charge < -0.3 is 4.74 Å². The first-order valence-electron chi connectivity index (χ1n) is 5.72. The topological polar surface area (TPSA) is 12.5 Å². The molecule has 1 aromatic carbocycles. The van der Waals surface area contributed by atoms with Crippen LogP contribution in [0.2, 0.25) is 0 Å². The van der Waals surface area contributed by atoms with Crippen molar-refractivity contribution in [1.82, 2.24) is 4.90 Å². The first-order valence-corrected chi connectivity index (χ1v) is 7.39. The van der Waals surface area contributed by atoms with E-state index in [-0.39, 0.29) is 0 Å². The van der Waals surface area contributed by atoms with E-state index in [9.17, 15) is 0 Å². The van der Waals surface area contributed by atoms with E-state index in [1.54, 1.807) is 18.4 Å². The number of methoxy groups -OCH3 is 1. The zero-order valence-electron chi connectivity index (χ0n) is 10.5. The van der Waals surface area contributed by atoms with Gasteiger partial charge in [-0.15, -0.1) is 11.3 Å². The molecule has 0 spiro atoms. The van der Waals surface area contributed by atoms with Crippen LogP contribution in [0, 0.1) is 0 Å². The van der Waals surface area contributed by atoms with Crippen molar-refractivity contribution in [2.75, 3.05) is 14.2 Å². The molecule has 18 heavy (non-hydrogen) atoms. The van der Waals surface area contributed by atoms with Crippen molar-refractivity contribution in [3.05, 3.63) is 50.6 Å². The molecule has 0 unspecified atom stereocenters. The summed E-state index contributed by atoms with van der Waals surface area (Å²) < 4.78 is 6.40. The highest BCUT2D eigenvalue weighted by Gasteiger charge is 2.04. The summed E-state index contributed by atoms with van der Waals surface area (Å²) in [6.07, 6.45) is 0. The van der Waals surface area contributed by atoms with E-state index >= 15 is 0 Å². The second kappa shape index (κ2) is 6.36. The summed E-state index contributed by atoms with van der Waals surface area (Å²) in [5.41, 5.74) is 1.27. The van der Waals surface area contributed by atoms with Gasteiger partial charge in [0.05, 0.1) is 7.11 Å². The van der Waals surface area contributed by atoms with Crippen LogP contribution in [0.15, 0.2) is 40.2 Å². The Balaban J connectivity index is 1.96. The van der Waals surface area contributed by atoms with Gasteiger partial charge in [0.25, 0.3) is 0 Å². The zero-order valence-corrected chi connectivity index (χ0v) is 12.9. The maximum atomic E-state index is 5.24. The second-order valence-electron chi connectivity index (χ2n) is 4.26. The SMILES string of the molecule is COc1cccc(CN(C)Cc2cc(Br)cs2)c1. The molecule has 0 radical (unpaired) electrons. The Kier molecular flexibility index (Phi) is 4.80. The van der Waals surface area contributed by atoms with Crippen molar-refractivity contribution in [2.24, 2.45) is 0 Å². The highest BCUT2D eigenvalue weighted by atomic mass is 79.9. The number of benzene rings is 1. The molecule has 2 nitrogen and oxygen atoms in total. The summed E-state index contributed by atoms with van der Waals surface area (Å²) in [7, 11) is 3.83. The van der Waals surface area contributed by atoms with Gasteiger partial charge in [0, 0.05) is 27.8 Å². The first-order chi connectivity index (χ1) is 8.67. The smallest absolute Gasteiger partial charge is 0.119 e. The van der Waals surface area contributed by atoms with E-state index in [2.05, 4.69) is 51.5 Å². The summed E-state index contributed by atoms with van der Waals surface area (Å²) in [5, 5.41) is 2.12. The Morgan fingerprint density at radius 3 is 2.78 bits per heavy atom. The first kappa shape index (κ1) is 13.6. The van der Waals surface area contributed by atoms with Crippen molar-refractivity contribution >= 4 is 27.3 Å².